The molecule has 1 heterocycles. The molecule has 0 saturated carbocycles. The number of nitrogens with zero attached hydrogens (tertiary/aromatic N) is 1. The number of ether oxygens (including phenoxy) is 1. The molecule has 0 spiro atoms. The molecule has 26 heavy (non-hydrogen) atoms. The van der Waals surface area contributed by atoms with E-state index in [1.165, 1.54) is 21.3 Å². The van der Waals surface area contributed by atoms with Gasteiger partial charge in [0.15, 0.2) is 0 Å². The van der Waals surface area contributed by atoms with Gasteiger partial charge < -0.3 is 9.64 Å². The number of piperazine rings is 1. The lowest BCUT2D eigenvalue weighted by molar-refractivity contribution is -0.933. The minimum atomic E-state index is -3.49. The lowest BCUT2D eigenvalue weighted by atomic mass is 10.1. The summed E-state index contributed by atoms with van der Waals surface area (Å²) in [5.41, 5.74) is 1.06. The van der Waals surface area contributed by atoms with E-state index < -0.39 is 10.0 Å². The molecule has 1 aliphatic heterocycles. The molecule has 1 atom stereocenters. The van der Waals surface area contributed by atoms with Crippen molar-refractivity contribution in [1.29, 1.82) is 0 Å². The van der Waals surface area contributed by atoms with Gasteiger partial charge in [0.25, 0.3) is 0 Å². The predicted octanol–water partition coefficient (Wildman–Crippen LogP) is 1.48. The van der Waals surface area contributed by atoms with E-state index in [0.717, 1.165) is 5.56 Å². The first-order valence-corrected chi connectivity index (χ1v) is 10.1. The Morgan fingerprint density at radius 1 is 1.04 bits per heavy atom. The SMILES string of the molecule is COc1ccc(S(=O)(=O)N2CC[NH+]([C@H](C)c3ccc(F)cc3)CC2)cc1. The van der Waals surface area contributed by atoms with Crippen molar-refractivity contribution >= 4 is 10.0 Å². The third-order valence-electron chi connectivity index (χ3n) is 5.04. The molecule has 0 unspecified atom stereocenters. The van der Waals surface area contributed by atoms with Gasteiger partial charge in [0.2, 0.25) is 10.0 Å². The van der Waals surface area contributed by atoms with Crippen LogP contribution in [-0.2, 0) is 10.0 Å². The van der Waals surface area contributed by atoms with Gasteiger partial charge in [0, 0.05) is 5.56 Å². The van der Waals surface area contributed by atoms with Crippen LogP contribution in [0.3, 0.4) is 0 Å². The van der Waals surface area contributed by atoms with Crippen molar-refractivity contribution in [2.45, 2.75) is 17.9 Å². The Hall–Kier alpha value is -1.96. The highest BCUT2D eigenvalue weighted by Crippen LogP contribution is 2.20. The number of nitrogens with one attached hydrogen (secondary N) is 1. The summed E-state index contributed by atoms with van der Waals surface area (Å²) in [5.74, 6) is 0.387. The topological polar surface area (TPSA) is 51.1 Å². The highest BCUT2D eigenvalue weighted by Gasteiger charge is 2.32. The van der Waals surface area contributed by atoms with Gasteiger partial charge >= 0.3 is 0 Å². The summed E-state index contributed by atoms with van der Waals surface area (Å²) >= 11 is 0. The van der Waals surface area contributed by atoms with Crippen molar-refractivity contribution in [1.82, 2.24) is 4.31 Å². The summed E-state index contributed by atoms with van der Waals surface area (Å²) in [6.07, 6.45) is 0. The molecule has 2 aromatic rings. The third-order valence-corrected chi connectivity index (χ3v) is 6.96. The molecule has 0 aliphatic carbocycles. The van der Waals surface area contributed by atoms with E-state index in [2.05, 4.69) is 6.92 Å². The molecule has 0 aromatic heterocycles. The number of methoxy groups -OCH3 is 1. The van der Waals surface area contributed by atoms with Crippen molar-refractivity contribution in [2.75, 3.05) is 33.3 Å². The van der Waals surface area contributed by atoms with E-state index in [1.54, 1.807) is 43.5 Å². The second-order valence-corrected chi connectivity index (χ2v) is 8.45. The van der Waals surface area contributed by atoms with Gasteiger partial charge in [-0.15, -0.1) is 0 Å². The summed E-state index contributed by atoms with van der Waals surface area (Å²) < 4.78 is 45.3. The van der Waals surface area contributed by atoms with Crippen molar-refractivity contribution in [3.63, 3.8) is 0 Å². The fourth-order valence-corrected chi connectivity index (χ4v) is 4.77. The van der Waals surface area contributed by atoms with Crippen LogP contribution in [0, 0.1) is 5.82 Å². The Morgan fingerprint density at radius 2 is 1.62 bits per heavy atom. The molecule has 1 saturated heterocycles. The average Bonchev–Trinajstić information content (AvgIpc) is 2.68. The third kappa shape index (κ3) is 3.90. The van der Waals surface area contributed by atoms with E-state index in [4.69, 9.17) is 4.74 Å². The second-order valence-electron chi connectivity index (χ2n) is 6.51. The molecule has 2 aromatic carbocycles. The van der Waals surface area contributed by atoms with E-state index >= 15 is 0 Å². The number of halogens is 1. The van der Waals surface area contributed by atoms with Crippen molar-refractivity contribution in [3.05, 3.63) is 59.9 Å². The Morgan fingerprint density at radius 3 is 2.15 bits per heavy atom. The van der Waals surface area contributed by atoms with Crippen LogP contribution in [0.4, 0.5) is 4.39 Å². The molecule has 0 radical (unpaired) electrons. The normalized spacial score (nSPS) is 17.8. The zero-order valence-corrected chi connectivity index (χ0v) is 15.8. The molecule has 140 valence electrons. The molecule has 1 N–H and O–H groups in total. The molecule has 5 nitrogen and oxygen atoms in total. The van der Waals surface area contributed by atoms with Gasteiger partial charge in [-0.1, -0.05) is 12.1 Å². The average molecular weight is 379 g/mol. The second kappa shape index (κ2) is 7.73. The smallest absolute Gasteiger partial charge is 0.243 e. The molecule has 0 bridgehead atoms. The molecule has 3 rings (SSSR count). The largest absolute Gasteiger partial charge is 0.497 e. The van der Waals surface area contributed by atoms with Gasteiger partial charge in [-0.2, -0.15) is 4.31 Å². The first-order valence-electron chi connectivity index (χ1n) is 8.66. The summed E-state index contributed by atoms with van der Waals surface area (Å²) in [5, 5.41) is 0. The van der Waals surface area contributed by atoms with Gasteiger partial charge in [-0.25, -0.2) is 12.8 Å². The summed E-state index contributed by atoms with van der Waals surface area (Å²) in [4.78, 5) is 1.59. The zero-order valence-electron chi connectivity index (χ0n) is 15.0. The lowest BCUT2D eigenvalue weighted by Gasteiger charge is -2.35. The van der Waals surface area contributed by atoms with Crippen LogP contribution in [0.25, 0.3) is 0 Å². The minimum Gasteiger partial charge on any atom is -0.497 e. The fraction of sp³-hybridized carbons (Fsp3) is 0.368. The van der Waals surface area contributed by atoms with Gasteiger partial charge in [-0.3, -0.25) is 0 Å². The Bertz CT molecular complexity index is 830. The Kier molecular flexibility index (Phi) is 5.60. The van der Waals surface area contributed by atoms with Crippen LogP contribution >= 0.6 is 0 Å². The number of hydrogen-bond acceptors (Lipinski definition) is 3. The standard InChI is InChI=1S/C19H23FN2O3S/c1-15(16-3-5-17(20)6-4-16)21-11-13-22(14-12-21)26(23,24)19-9-7-18(25-2)8-10-19/h3-10,15H,11-14H2,1-2H3/p+1/t15-/m1/s1. The fourth-order valence-electron chi connectivity index (χ4n) is 3.33. The van der Waals surface area contributed by atoms with Crippen molar-refractivity contribution in [3.8, 4) is 5.75 Å². The van der Waals surface area contributed by atoms with Crippen molar-refractivity contribution in [2.24, 2.45) is 0 Å². The molecular formula is C19H24FN2O3S+. The molecule has 0 amide bonds. The highest BCUT2D eigenvalue weighted by molar-refractivity contribution is 7.89. The van der Waals surface area contributed by atoms with Crippen LogP contribution in [0.15, 0.2) is 53.4 Å². The van der Waals surface area contributed by atoms with Crippen LogP contribution < -0.4 is 9.64 Å². The monoisotopic (exact) mass is 379 g/mol. The molecular weight excluding hydrogens is 355 g/mol. The predicted molar refractivity (Wildman–Crippen MR) is 97.3 cm³/mol. The quantitative estimate of drug-likeness (QED) is 0.856. The van der Waals surface area contributed by atoms with Gasteiger partial charge in [0.05, 0.1) is 38.2 Å². The number of hydrogen-bond donors (Lipinski definition) is 1. The van der Waals surface area contributed by atoms with Crippen LogP contribution in [0.5, 0.6) is 5.75 Å². The Labute approximate surface area is 154 Å². The summed E-state index contributed by atoms with van der Waals surface area (Å²) in [6, 6.07) is 13.2. The first kappa shape index (κ1) is 18.8. The number of rotatable bonds is 5. The number of sulfonamides is 1. The van der Waals surface area contributed by atoms with E-state index in [-0.39, 0.29) is 16.8 Å². The molecule has 1 fully saturated rings. The maximum atomic E-state index is 13.1. The van der Waals surface area contributed by atoms with E-state index in [0.29, 0.717) is 31.9 Å². The van der Waals surface area contributed by atoms with Crippen LogP contribution in [-0.4, -0.2) is 46.0 Å². The lowest BCUT2D eigenvalue weighted by Crippen LogP contribution is -3.14. The summed E-state index contributed by atoms with van der Waals surface area (Å²) in [6.45, 7) is 4.46. The molecule has 7 heteroatoms. The Balaban J connectivity index is 1.66. The number of benzene rings is 2. The highest BCUT2D eigenvalue weighted by atomic mass is 32.2. The maximum absolute atomic E-state index is 13.1. The van der Waals surface area contributed by atoms with Gasteiger partial charge in [0.1, 0.15) is 17.6 Å². The number of quaternary nitrogens is 1. The van der Waals surface area contributed by atoms with Crippen LogP contribution in [0.2, 0.25) is 0 Å². The first-order chi connectivity index (χ1) is 12.4. The van der Waals surface area contributed by atoms with Crippen LogP contribution in [0.1, 0.15) is 18.5 Å². The van der Waals surface area contributed by atoms with E-state index in [1.807, 2.05) is 0 Å². The van der Waals surface area contributed by atoms with Gasteiger partial charge in [-0.05, 0) is 43.3 Å². The molecule has 1 aliphatic rings. The zero-order chi connectivity index (χ0) is 18.7. The maximum Gasteiger partial charge on any atom is 0.243 e. The minimum absolute atomic E-state index is 0.196. The summed E-state index contributed by atoms with van der Waals surface area (Å²) in [7, 11) is -1.94. The van der Waals surface area contributed by atoms with E-state index in [9.17, 15) is 12.8 Å². The van der Waals surface area contributed by atoms with Crippen molar-refractivity contribution < 1.29 is 22.4 Å².